The maximum absolute atomic E-state index is 13.4. The predicted molar refractivity (Wildman–Crippen MR) is 135 cm³/mol. The number of aryl methyl sites for hydroxylation is 2. The first kappa shape index (κ1) is 25.7. The molecule has 2 heterocycles. The van der Waals surface area contributed by atoms with Crippen molar-refractivity contribution in [1.82, 2.24) is 4.98 Å². The van der Waals surface area contributed by atoms with E-state index in [0.29, 0.717) is 28.1 Å². The van der Waals surface area contributed by atoms with E-state index in [-0.39, 0.29) is 27.1 Å². The number of rotatable bonds is 6. The van der Waals surface area contributed by atoms with E-state index >= 15 is 0 Å². The van der Waals surface area contributed by atoms with Crippen molar-refractivity contribution in [3.8, 4) is 17.2 Å². The van der Waals surface area contributed by atoms with E-state index in [1.165, 1.54) is 39.5 Å². The normalized spacial score (nSPS) is 16.7. The van der Waals surface area contributed by atoms with Gasteiger partial charge in [-0.3, -0.25) is 14.5 Å². The first-order valence-electron chi connectivity index (χ1n) is 11.0. The number of hydrogen-bond donors (Lipinski definition) is 2. The average Bonchev–Trinajstić information content (AvgIpc) is 3.39. The summed E-state index contributed by atoms with van der Waals surface area (Å²) in [5.74, 6) is -2.35. The molecule has 0 radical (unpaired) electrons. The first-order valence-corrected chi connectivity index (χ1v) is 11.8. The molecule has 2 N–H and O–H groups in total. The number of hydrogen-bond acceptors (Lipinski definition) is 10. The third-order valence-electron chi connectivity index (χ3n) is 5.99. The van der Waals surface area contributed by atoms with Crippen molar-refractivity contribution >= 4 is 39.9 Å². The van der Waals surface area contributed by atoms with E-state index in [0.717, 1.165) is 16.2 Å². The Kier molecular flexibility index (Phi) is 6.90. The molecule has 0 unspecified atom stereocenters. The van der Waals surface area contributed by atoms with E-state index in [2.05, 4.69) is 4.98 Å². The van der Waals surface area contributed by atoms with Gasteiger partial charge < -0.3 is 24.4 Å². The first-order chi connectivity index (χ1) is 17.6. The second-order valence-corrected chi connectivity index (χ2v) is 9.16. The Labute approximate surface area is 216 Å². The largest absolute Gasteiger partial charge is 0.507 e. The van der Waals surface area contributed by atoms with Gasteiger partial charge in [0.2, 0.25) is 0 Å². The molecule has 1 aromatic heterocycles. The summed E-state index contributed by atoms with van der Waals surface area (Å²) < 4.78 is 15.3. The van der Waals surface area contributed by atoms with Crippen LogP contribution in [0, 0.1) is 13.8 Å². The minimum atomic E-state index is -1.13. The topological polar surface area (TPSA) is 135 Å². The Hall–Kier alpha value is -4.38. The molecule has 0 saturated carbocycles. The molecular formula is C26H24N2O8S. The van der Waals surface area contributed by atoms with Gasteiger partial charge in [0.1, 0.15) is 16.4 Å². The Morgan fingerprint density at radius 2 is 1.73 bits per heavy atom. The minimum absolute atomic E-state index is 0.0713. The van der Waals surface area contributed by atoms with Gasteiger partial charge in [-0.2, -0.15) is 0 Å². The molecule has 192 valence electrons. The lowest BCUT2D eigenvalue weighted by Crippen LogP contribution is -2.29. The quantitative estimate of drug-likeness (QED) is 0.213. The number of phenols is 1. The summed E-state index contributed by atoms with van der Waals surface area (Å²) in [6, 6.07) is 8.06. The maximum atomic E-state index is 13.4. The number of anilines is 1. The Morgan fingerprint density at radius 3 is 2.35 bits per heavy atom. The molecule has 1 aliphatic rings. The number of Topliss-reactive ketones (excluding diaryl/α,β-unsaturated/α-hetero) is 1. The van der Waals surface area contributed by atoms with Crippen molar-refractivity contribution in [2.75, 3.05) is 26.2 Å². The van der Waals surface area contributed by atoms with E-state index in [1.807, 2.05) is 0 Å². The van der Waals surface area contributed by atoms with Gasteiger partial charge in [-0.1, -0.05) is 17.4 Å². The smallest absolute Gasteiger partial charge is 0.350 e. The zero-order chi connectivity index (χ0) is 27.0. The summed E-state index contributed by atoms with van der Waals surface area (Å²) in [7, 11) is 4.11. The number of esters is 1. The Balaban J connectivity index is 1.97. The van der Waals surface area contributed by atoms with Crippen LogP contribution < -0.4 is 14.4 Å². The lowest BCUT2D eigenvalue weighted by atomic mass is 9.94. The van der Waals surface area contributed by atoms with Crippen LogP contribution in [0.25, 0.3) is 5.76 Å². The van der Waals surface area contributed by atoms with Gasteiger partial charge in [-0.15, -0.1) is 0 Å². The van der Waals surface area contributed by atoms with Gasteiger partial charge in [-0.05, 0) is 55.3 Å². The lowest BCUT2D eigenvalue weighted by molar-refractivity contribution is -0.132. The molecule has 0 spiro atoms. The van der Waals surface area contributed by atoms with Crippen LogP contribution in [0.3, 0.4) is 0 Å². The van der Waals surface area contributed by atoms with Crippen molar-refractivity contribution in [2.45, 2.75) is 19.9 Å². The highest BCUT2D eigenvalue weighted by Crippen LogP contribution is 2.45. The SMILES string of the molecule is COC(=O)c1sc(N2C(=O)C(=O)/C(=C(/O)c3ccc(OC)c(C)c3)[C@@H]2c2ccc(O)c(OC)c2)nc1C. The van der Waals surface area contributed by atoms with Crippen LogP contribution in [-0.4, -0.2) is 54.2 Å². The molecule has 2 aromatic carbocycles. The number of nitrogens with zero attached hydrogens (tertiary/aromatic N) is 2. The highest BCUT2D eigenvalue weighted by atomic mass is 32.1. The van der Waals surface area contributed by atoms with Gasteiger partial charge in [0, 0.05) is 5.56 Å². The number of aliphatic hydroxyl groups excluding tert-OH is 1. The van der Waals surface area contributed by atoms with E-state index in [1.54, 1.807) is 32.0 Å². The van der Waals surface area contributed by atoms with Gasteiger partial charge >= 0.3 is 11.9 Å². The average molecular weight is 525 g/mol. The second-order valence-electron chi connectivity index (χ2n) is 8.19. The van der Waals surface area contributed by atoms with Crippen molar-refractivity contribution < 1.29 is 38.8 Å². The number of aliphatic hydroxyl groups is 1. The Morgan fingerprint density at radius 1 is 1.03 bits per heavy atom. The molecule has 0 bridgehead atoms. The number of benzene rings is 2. The van der Waals surface area contributed by atoms with Crippen molar-refractivity contribution in [3.63, 3.8) is 0 Å². The summed E-state index contributed by atoms with van der Waals surface area (Å²) in [5.41, 5.74) is 1.52. The standard InChI is InChI=1S/C26H24N2O8S/c1-12-10-15(7-9-17(12)34-3)21(30)19-20(14-6-8-16(29)18(11-14)35-4)28(24(32)22(19)31)26-27-13(2)23(37-26)25(33)36-5/h6-11,20,29-30H,1-5H3/b21-19+/t20-/m0/s1. The molecular weight excluding hydrogens is 500 g/mol. The van der Waals surface area contributed by atoms with Gasteiger partial charge in [0.15, 0.2) is 16.6 Å². The van der Waals surface area contributed by atoms with Crippen LogP contribution in [0.4, 0.5) is 5.13 Å². The molecule has 1 fully saturated rings. The summed E-state index contributed by atoms with van der Waals surface area (Å²) in [6.07, 6.45) is 0. The van der Waals surface area contributed by atoms with E-state index in [4.69, 9.17) is 14.2 Å². The third-order valence-corrected chi connectivity index (χ3v) is 7.13. The lowest BCUT2D eigenvalue weighted by Gasteiger charge is -2.23. The molecule has 1 amide bonds. The number of aromatic hydroxyl groups is 1. The summed E-state index contributed by atoms with van der Waals surface area (Å²) in [6.45, 7) is 3.37. The molecule has 1 atom stereocenters. The zero-order valence-corrected chi connectivity index (χ0v) is 21.5. The van der Waals surface area contributed by atoms with Crippen molar-refractivity contribution in [2.24, 2.45) is 0 Å². The summed E-state index contributed by atoms with van der Waals surface area (Å²) in [5, 5.41) is 21.5. The van der Waals surface area contributed by atoms with Crippen LogP contribution in [0.1, 0.15) is 38.1 Å². The van der Waals surface area contributed by atoms with Crippen LogP contribution in [-0.2, 0) is 14.3 Å². The molecule has 11 heteroatoms. The number of amides is 1. The van der Waals surface area contributed by atoms with Crippen LogP contribution in [0.2, 0.25) is 0 Å². The van der Waals surface area contributed by atoms with Crippen LogP contribution >= 0.6 is 11.3 Å². The number of carbonyl (C=O) groups excluding carboxylic acids is 3. The molecule has 3 aromatic rings. The van der Waals surface area contributed by atoms with Gasteiger partial charge in [0.05, 0.1) is 38.6 Å². The third kappa shape index (κ3) is 4.38. The fourth-order valence-corrected chi connectivity index (χ4v) is 5.17. The number of thiazole rings is 1. The minimum Gasteiger partial charge on any atom is -0.507 e. The molecule has 37 heavy (non-hydrogen) atoms. The fraction of sp³-hybridized carbons (Fsp3) is 0.231. The van der Waals surface area contributed by atoms with Crippen LogP contribution in [0.5, 0.6) is 17.2 Å². The molecule has 4 rings (SSSR count). The number of ketones is 1. The monoisotopic (exact) mass is 524 g/mol. The molecule has 0 aliphatic carbocycles. The summed E-state index contributed by atoms with van der Waals surface area (Å²) >= 11 is 0.890. The molecule has 1 saturated heterocycles. The number of carbonyl (C=O) groups is 3. The van der Waals surface area contributed by atoms with E-state index in [9.17, 15) is 24.6 Å². The second kappa shape index (κ2) is 9.94. The molecule has 10 nitrogen and oxygen atoms in total. The molecule has 1 aliphatic heterocycles. The summed E-state index contributed by atoms with van der Waals surface area (Å²) in [4.78, 5) is 44.6. The van der Waals surface area contributed by atoms with Gasteiger partial charge in [-0.25, -0.2) is 9.78 Å². The van der Waals surface area contributed by atoms with Crippen molar-refractivity contribution in [3.05, 3.63) is 69.2 Å². The highest BCUT2D eigenvalue weighted by Gasteiger charge is 2.48. The van der Waals surface area contributed by atoms with E-state index < -0.39 is 29.5 Å². The number of aromatic nitrogens is 1. The Bertz CT molecular complexity index is 1460. The fourth-order valence-electron chi connectivity index (χ4n) is 4.16. The maximum Gasteiger partial charge on any atom is 0.350 e. The number of methoxy groups -OCH3 is 3. The number of phenolic OH excluding ortho intramolecular Hbond substituents is 1. The highest BCUT2D eigenvalue weighted by molar-refractivity contribution is 7.17. The predicted octanol–water partition coefficient (Wildman–Crippen LogP) is 3.90. The zero-order valence-electron chi connectivity index (χ0n) is 20.7. The van der Waals surface area contributed by atoms with Crippen molar-refractivity contribution in [1.29, 1.82) is 0 Å². The van der Waals surface area contributed by atoms with Gasteiger partial charge in [0.25, 0.3) is 5.78 Å². The van der Waals surface area contributed by atoms with Crippen LogP contribution in [0.15, 0.2) is 42.0 Å². The number of ether oxygens (including phenoxy) is 3.